The molecule has 0 fully saturated rings. The minimum Gasteiger partial charge on any atom is -0.491 e. The number of carbonyl (C=O) groups is 1. The van der Waals surface area contributed by atoms with Gasteiger partial charge in [-0.25, -0.2) is 4.79 Å². The van der Waals surface area contributed by atoms with Crippen LogP contribution in [0.5, 0.6) is 5.75 Å². The van der Waals surface area contributed by atoms with E-state index in [-0.39, 0.29) is 13.2 Å². The Morgan fingerprint density at radius 3 is 2.54 bits per heavy atom. The second-order valence-corrected chi connectivity index (χ2v) is 6.34. The lowest BCUT2D eigenvalue weighted by molar-refractivity contribution is -0.151. The summed E-state index contributed by atoms with van der Waals surface area (Å²) in [6.45, 7) is 7.51. The lowest BCUT2D eigenvalue weighted by atomic mass is 10.0. The van der Waals surface area contributed by atoms with E-state index in [9.17, 15) is 9.90 Å². The number of rotatable bonds is 10. The molecular weight excluding hydrogens is 332 g/mol. The predicted octanol–water partition coefficient (Wildman–Crippen LogP) is 3.50. The van der Waals surface area contributed by atoms with Crippen molar-refractivity contribution in [3.63, 3.8) is 0 Å². The van der Waals surface area contributed by atoms with E-state index in [2.05, 4.69) is 12.6 Å². The van der Waals surface area contributed by atoms with Gasteiger partial charge >= 0.3 is 5.97 Å². The van der Waals surface area contributed by atoms with Crippen LogP contribution in [-0.2, 0) is 14.3 Å². The maximum Gasteiger partial charge on any atom is 0.333 e. The van der Waals surface area contributed by atoms with Crippen LogP contribution in [0.2, 0.25) is 0 Å². The predicted molar refractivity (Wildman–Crippen MR) is 101 cm³/mol. The van der Waals surface area contributed by atoms with Crippen molar-refractivity contribution in [2.24, 2.45) is 0 Å². The summed E-state index contributed by atoms with van der Waals surface area (Å²) in [6.07, 6.45) is 0.405. The third-order valence-corrected chi connectivity index (χ3v) is 4.07. The van der Waals surface area contributed by atoms with Crippen molar-refractivity contribution < 1.29 is 24.1 Å². The van der Waals surface area contributed by atoms with Gasteiger partial charge in [0, 0.05) is 5.57 Å². The van der Waals surface area contributed by atoms with Crippen molar-refractivity contribution in [3.05, 3.63) is 54.6 Å². The van der Waals surface area contributed by atoms with E-state index in [1.165, 1.54) is 0 Å². The molecule has 0 heterocycles. The van der Waals surface area contributed by atoms with E-state index in [0.29, 0.717) is 25.2 Å². The van der Waals surface area contributed by atoms with E-state index in [4.69, 9.17) is 14.2 Å². The van der Waals surface area contributed by atoms with Gasteiger partial charge in [-0.2, -0.15) is 0 Å². The molecule has 0 spiro atoms. The second kappa shape index (κ2) is 9.36. The quantitative estimate of drug-likeness (QED) is 0.400. The van der Waals surface area contributed by atoms with E-state index >= 15 is 0 Å². The molecule has 2 rings (SSSR count). The van der Waals surface area contributed by atoms with Crippen LogP contribution in [0, 0.1) is 0 Å². The molecule has 2 aromatic rings. The lowest BCUT2D eigenvalue weighted by Crippen LogP contribution is -2.40. The molecule has 0 aliphatic rings. The van der Waals surface area contributed by atoms with E-state index in [1.807, 2.05) is 43.3 Å². The van der Waals surface area contributed by atoms with Gasteiger partial charge in [-0.1, -0.05) is 43.8 Å². The standard InChI is InChI=1S/C21H26O5/c1-4-21(23,15-26-20(22)16(2)3)14-24-11-12-25-19-10-9-17-7-5-6-8-18(17)13-19/h5-10,13,23H,2,4,11-12,14-15H2,1,3H3. The normalized spacial score (nSPS) is 13.2. The number of hydrogen-bond acceptors (Lipinski definition) is 5. The van der Waals surface area contributed by atoms with Gasteiger partial charge in [0.05, 0.1) is 13.2 Å². The van der Waals surface area contributed by atoms with Crippen molar-refractivity contribution in [1.29, 1.82) is 0 Å². The Balaban J connectivity index is 1.73. The molecule has 2 aromatic carbocycles. The number of carbonyl (C=O) groups excluding carboxylic acids is 1. The fourth-order valence-corrected chi connectivity index (χ4v) is 2.31. The van der Waals surface area contributed by atoms with E-state index < -0.39 is 11.6 Å². The Kier molecular flexibility index (Phi) is 7.18. The number of aliphatic hydroxyl groups is 1. The molecule has 1 N–H and O–H groups in total. The van der Waals surface area contributed by atoms with Gasteiger partial charge in [0.1, 0.15) is 24.6 Å². The Morgan fingerprint density at radius 1 is 1.12 bits per heavy atom. The minimum absolute atomic E-state index is 0.0635. The van der Waals surface area contributed by atoms with Gasteiger partial charge in [-0.15, -0.1) is 0 Å². The van der Waals surface area contributed by atoms with Crippen molar-refractivity contribution in [1.82, 2.24) is 0 Å². The molecule has 0 aliphatic carbocycles. The summed E-state index contributed by atoms with van der Waals surface area (Å²) in [6, 6.07) is 14.0. The summed E-state index contributed by atoms with van der Waals surface area (Å²) >= 11 is 0. The molecule has 0 amide bonds. The molecule has 1 unspecified atom stereocenters. The monoisotopic (exact) mass is 358 g/mol. The van der Waals surface area contributed by atoms with Crippen LogP contribution in [0.1, 0.15) is 20.3 Å². The maximum atomic E-state index is 11.4. The summed E-state index contributed by atoms with van der Waals surface area (Å²) in [7, 11) is 0. The number of ether oxygens (including phenoxy) is 3. The van der Waals surface area contributed by atoms with Crippen molar-refractivity contribution in [2.45, 2.75) is 25.9 Å². The second-order valence-electron chi connectivity index (χ2n) is 6.34. The number of benzene rings is 2. The highest BCUT2D eigenvalue weighted by Gasteiger charge is 2.27. The highest BCUT2D eigenvalue weighted by molar-refractivity contribution is 5.87. The first-order valence-electron chi connectivity index (χ1n) is 8.68. The summed E-state index contributed by atoms with van der Waals surface area (Å²) in [5, 5.41) is 12.7. The molecule has 1 atom stereocenters. The van der Waals surface area contributed by atoms with E-state index in [0.717, 1.165) is 16.5 Å². The van der Waals surface area contributed by atoms with Gasteiger partial charge < -0.3 is 19.3 Å². The first-order valence-corrected chi connectivity index (χ1v) is 8.68. The fraction of sp³-hybridized carbons (Fsp3) is 0.381. The zero-order valence-electron chi connectivity index (χ0n) is 15.4. The molecule has 0 aromatic heterocycles. The average Bonchev–Trinajstić information content (AvgIpc) is 2.65. The summed E-state index contributed by atoms with van der Waals surface area (Å²) in [5.41, 5.74) is -0.915. The summed E-state index contributed by atoms with van der Waals surface area (Å²) < 4.78 is 16.2. The molecule has 5 heteroatoms. The largest absolute Gasteiger partial charge is 0.491 e. The minimum atomic E-state index is -1.21. The van der Waals surface area contributed by atoms with Crippen LogP contribution >= 0.6 is 0 Å². The molecule has 5 nitrogen and oxygen atoms in total. The zero-order valence-corrected chi connectivity index (χ0v) is 15.4. The van der Waals surface area contributed by atoms with Gasteiger partial charge in [-0.3, -0.25) is 0 Å². The Bertz CT molecular complexity index is 755. The first kappa shape index (κ1) is 19.9. The molecule has 0 bridgehead atoms. The van der Waals surface area contributed by atoms with Crippen LogP contribution in [0.25, 0.3) is 10.8 Å². The van der Waals surface area contributed by atoms with Crippen molar-refractivity contribution in [3.8, 4) is 5.75 Å². The van der Waals surface area contributed by atoms with Gasteiger partial charge in [0.25, 0.3) is 0 Å². The SMILES string of the molecule is C=C(C)C(=O)OCC(O)(CC)COCCOc1ccc2ccccc2c1. The molecule has 0 radical (unpaired) electrons. The maximum absolute atomic E-state index is 11.4. The van der Waals surface area contributed by atoms with Crippen LogP contribution in [-0.4, -0.2) is 43.1 Å². The molecule has 140 valence electrons. The molecule has 0 saturated heterocycles. The lowest BCUT2D eigenvalue weighted by Gasteiger charge is -2.26. The van der Waals surface area contributed by atoms with Gasteiger partial charge in [0.15, 0.2) is 0 Å². The van der Waals surface area contributed by atoms with Crippen LogP contribution in [0.4, 0.5) is 0 Å². The Hall–Kier alpha value is -2.37. The summed E-state index contributed by atoms with van der Waals surface area (Å²) in [5.74, 6) is 0.255. The highest BCUT2D eigenvalue weighted by atomic mass is 16.6. The van der Waals surface area contributed by atoms with Gasteiger partial charge in [-0.05, 0) is 36.2 Å². The topological polar surface area (TPSA) is 65.0 Å². The Labute approximate surface area is 154 Å². The first-order chi connectivity index (χ1) is 12.4. The van der Waals surface area contributed by atoms with Crippen LogP contribution in [0.15, 0.2) is 54.6 Å². The third kappa shape index (κ3) is 5.86. The molecule has 26 heavy (non-hydrogen) atoms. The third-order valence-electron chi connectivity index (χ3n) is 4.07. The van der Waals surface area contributed by atoms with E-state index in [1.54, 1.807) is 6.92 Å². The number of fused-ring (bicyclic) bond motifs is 1. The Morgan fingerprint density at radius 2 is 1.85 bits per heavy atom. The van der Waals surface area contributed by atoms with Crippen molar-refractivity contribution >= 4 is 16.7 Å². The molecule has 0 aliphatic heterocycles. The average molecular weight is 358 g/mol. The fourth-order valence-electron chi connectivity index (χ4n) is 2.31. The zero-order chi connectivity index (χ0) is 19.0. The highest BCUT2D eigenvalue weighted by Crippen LogP contribution is 2.20. The van der Waals surface area contributed by atoms with Crippen LogP contribution < -0.4 is 4.74 Å². The smallest absolute Gasteiger partial charge is 0.333 e. The number of esters is 1. The van der Waals surface area contributed by atoms with Crippen molar-refractivity contribution in [2.75, 3.05) is 26.4 Å². The summed E-state index contributed by atoms with van der Waals surface area (Å²) in [4.78, 5) is 11.4. The molecule has 0 saturated carbocycles. The van der Waals surface area contributed by atoms with Crippen LogP contribution in [0.3, 0.4) is 0 Å². The number of hydrogen-bond donors (Lipinski definition) is 1. The van der Waals surface area contributed by atoms with Gasteiger partial charge in [0.2, 0.25) is 0 Å². The molecular formula is C21H26O5.